The maximum atomic E-state index is 13.4. The molecular weight excluding hydrogens is 529 g/mol. The number of hydrogen-bond acceptors (Lipinski definition) is 5. The van der Waals surface area contributed by atoms with Gasteiger partial charge in [-0.1, -0.05) is 53.5 Å². The Morgan fingerprint density at radius 2 is 1.76 bits per heavy atom. The van der Waals surface area contributed by atoms with Crippen LogP contribution in [0.3, 0.4) is 0 Å². The minimum absolute atomic E-state index is 0.251. The Morgan fingerprint density at radius 3 is 2.49 bits per heavy atom. The number of benzene rings is 3. The van der Waals surface area contributed by atoms with E-state index in [0.29, 0.717) is 40.3 Å². The Labute approximate surface area is 231 Å². The molecule has 1 saturated heterocycles. The van der Waals surface area contributed by atoms with Gasteiger partial charge in [0.15, 0.2) is 5.11 Å². The molecule has 0 aliphatic carbocycles. The fraction of sp³-hybridized carbons (Fsp3) is 0.222. The van der Waals surface area contributed by atoms with Crippen LogP contribution in [0, 0.1) is 0 Å². The summed E-state index contributed by atoms with van der Waals surface area (Å²) in [5, 5.41) is 7.62. The molecule has 3 aromatic rings. The van der Waals surface area contributed by atoms with E-state index in [0.717, 1.165) is 29.9 Å². The summed E-state index contributed by atoms with van der Waals surface area (Å²) in [5.41, 5.74) is 4.65. The zero-order chi connectivity index (χ0) is 25.9. The summed E-state index contributed by atoms with van der Waals surface area (Å²) in [6.07, 6.45) is -0.950. The van der Waals surface area contributed by atoms with Crippen LogP contribution in [0.25, 0.3) is 0 Å². The Morgan fingerprint density at radius 1 is 1.03 bits per heavy atom. The lowest BCUT2D eigenvalue weighted by molar-refractivity contribution is -0.119. The smallest absolute Gasteiger partial charge is 0.272 e. The third-order valence-corrected chi connectivity index (χ3v) is 7.03. The van der Waals surface area contributed by atoms with Crippen LogP contribution >= 0.6 is 35.4 Å². The molecule has 0 bridgehead atoms. The first kappa shape index (κ1) is 25.5. The van der Waals surface area contributed by atoms with Gasteiger partial charge in [0.25, 0.3) is 5.91 Å². The number of hydrogen-bond donors (Lipinski definition) is 2. The van der Waals surface area contributed by atoms with Crippen LogP contribution in [-0.4, -0.2) is 56.2 Å². The first-order valence-electron chi connectivity index (χ1n) is 11.8. The molecule has 1 amide bonds. The first-order valence-corrected chi connectivity index (χ1v) is 13.0. The molecule has 0 aromatic heterocycles. The molecule has 2 heterocycles. The van der Waals surface area contributed by atoms with Crippen molar-refractivity contribution in [3.8, 4) is 0 Å². The number of morpholine rings is 1. The quantitative estimate of drug-likeness (QED) is 0.445. The van der Waals surface area contributed by atoms with Crippen molar-refractivity contribution >= 4 is 69.2 Å². The molecule has 190 valence electrons. The Bertz CT molecular complexity index is 1360. The highest BCUT2D eigenvalue weighted by atomic mass is 35.5. The second-order valence-electron chi connectivity index (χ2n) is 8.67. The van der Waals surface area contributed by atoms with Crippen molar-refractivity contribution in [1.82, 2.24) is 5.32 Å². The maximum Gasteiger partial charge on any atom is 0.272 e. The molecule has 0 radical (unpaired) electrons. The molecular formula is C27H25Cl2N5O2S. The van der Waals surface area contributed by atoms with Gasteiger partial charge < -0.3 is 25.2 Å². The highest BCUT2D eigenvalue weighted by Crippen LogP contribution is 2.31. The third kappa shape index (κ3) is 5.57. The van der Waals surface area contributed by atoms with Crippen molar-refractivity contribution in [3.05, 3.63) is 87.9 Å². The average molecular weight is 555 g/mol. The van der Waals surface area contributed by atoms with Crippen LogP contribution in [0.4, 0.5) is 17.1 Å². The average Bonchev–Trinajstić information content (AvgIpc) is 3.00. The molecule has 0 spiro atoms. The van der Waals surface area contributed by atoms with Crippen molar-refractivity contribution in [2.75, 3.05) is 48.5 Å². The lowest BCUT2D eigenvalue weighted by Crippen LogP contribution is -2.47. The van der Waals surface area contributed by atoms with Crippen molar-refractivity contribution in [1.29, 1.82) is 0 Å². The van der Waals surface area contributed by atoms with Crippen LogP contribution < -0.4 is 20.4 Å². The van der Waals surface area contributed by atoms with Gasteiger partial charge in [0.2, 0.25) is 6.17 Å². The number of aliphatic imine (C=N–C) groups is 1. The van der Waals surface area contributed by atoms with Gasteiger partial charge >= 0.3 is 0 Å². The summed E-state index contributed by atoms with van der Waals surface area (Å²) in [5.74, 6) is -0.251. The SMILES string of the molecule is CN1C(=O)C(NC(=S)Nc2ccc(N3CCOCC3)c(Cl)c2)N=C(c2ccccc2)c2cc(Cl)ccc21. The maximum absolute atomic E-state index is 13.4. The van der Waals surface area contributed by atoms with Crippen molar-refractivity contribution in [3.63, 3.8) is 0 Å². The number of nitrogens with zero attached hydrogens (tertiary/aromatic N) is 3. The highest BCUT2D eigenvalue weighted by molar-refractivity contribution is 7.80. The molecule has 10 heteroatoms. The van der Waals surface area contributed by atoms with E-state index in [-0.39, 0.29) is 11.0 Å². The molecule has 0 saturated carbocycles. The summed E-state index contributed by atoms with van der Waals surface area (Å²) in [6.45, 7) is 2.93. The number of carbonyl (C=O) groups excluding carboxylic acids is 1. The van der Waals surface area contributed by atoms with E-state index < -0.39 is 6.17 Å². The first-order chi connectivity index (χ1) is 17.9. The normalized spacial score (nSPS) is 17.5. The zero-order valence-electron chi connectivity index (χ0n) is 20.1. The molecule has 2 N–H and O–H groups in total. The van der Waals surface area contributed by atoms with Gasteiger partial charge in [-0.2, -0.15) is 0 Å². The number of amides is 1. The van der Waals surface area contributed by atoms with Gasteiger partial charge in [-0.05, 0) is 48.6 Å². The van der Waals surface area contributed by atoms with E-state index in [1.54, 1.807) is 18.0 Å². The molecule has 3 aromatic carbocycles. The van der Waals surface area contributed by atoms with Gasteiger partial charge in [-0.25, -0.2) is 4.99 Å². The lowest BCUT2D eigenvalue weighted by Gasteiger charge is -2.29. The largest absolute Gasteiger partial charge is 0.378 e. The number of ether oxygens (including phenoxy) is 1. The van der Waals surface area contributed by atoms with E-state index in [4.69, 9.17) is 45.1 Å². The number of likely N-dealkylation sites (N-methyl/N-ethyl adjacent to an activating group) is 1. The summed E-state index contributed by atoms with van der Waals surface area (Å²) in [7, 11) is 1.72. The number of thiocarbonyl (C=S) groups is 1. The predicted octanol–water partition coefficient (Wildman–Crippen LogP) is 4.96. The van der Waals surface area contributed by atoms with Gasteiger partial charge in [0.1, 0.15) is 0 Å². The topological polar surface area (TPSA) is 69.2 Å². The molecule has 1 atom stereocenters. The van der Waals surface area contributed by atoms with Gasteiger partial charge in [0, 0.05) is 42.0 Å². The minimum Gasteiger partial charge on any atom is -0.378 e. The number of anilines is 3. The van der Waals surface area contributed by atoms with Crippen LogP contribution in [0.5, 0.6) is 0 Å². The predicted molar refractivity (Wildman–Crippen MR) is 155 cm³/mol. The highest BCUT2D eigenvalue weighted by Gasteiger charge is 2.30. The number of halogens is 2. The monoisotopic (exact) mass is 553 g/mol. The third-order valence-electron chi connectivity index (χ3n) is 6.27. The minimum atomic E-state index is -0.950. The van der Waals surface area contributed by atoms with E-state index in [2.05, 4.69) is 15.5 Å². The molecule has 7 nitrogen and oxygen atoms in total. The van der Waals surface area contributed by atoms with Gasteiger partial charge in [-0.3, -0.25) is 4.79 Å². The number of nitrogens with one attached hydrogen (secondary N) is 2. The second kappa shape index (κ2) is 11.1. The fourth-order valence-electron chi connectivity index (χ4n) is 4.40. The van der Waals surface area contributed by atoms with Gasteiger partial charge in [-0.15, -0.1) is 0 Å². The zero-order valence-corrected chi connectivity index (χ0v) is 22.4. The van der Waals surface area contributed by atoms with E-state index in [1.807, 2.05) is 60.7 Å². The molecule has 2 aliphatic rings. The standard InChI is InChI=1S/C27H25Cl2N5O2S/c1-33-22-9-7-18(28)15-20(22)24(17-5-3-2-4-6-17)31-25(26(33)35)32-27(37)30-19-8-10-23(21(29)16-19)34-11-13-36-14-12-34/h2-10,15-16,25H,11-14H2,1H3,(H2,30,32,37). The fourth-order valence-corrected chi connectivity index (χ4v) is 5.10. The number of rotatable bonds is 4. The summed E-state index contributed by atoms with van der Waals surface area (Å²) < 4.78 is 5.43. The molecule has 1 fully saturated rings. The number of fused-ring (bicyclic) bond motifs is 1. The van der Waals surface area contributed by atoms with Crippen molar-refractivity contribution in [2.45, 2.75) is 6.17 Å². The van der Waals surface area contributed by atoms with Gasteiger partial charge in [0.05, 0.1) is 35.3 Å². The van der Waals surface area contributed by atoms with Crippen LogP contribution in [0.15, 0.2) is 71.7 Å². The molecule has 2 aliphatic heterocycles. The molecule has 37 heavy (non-hydrogen) atoms. The second-order valence-corrected chi connectivity index (χ2v) is 9.92. The number of carbonyl (C=O) groups is 1. The van der Waals surface area contributed by atoms with Crippen LogP contribution in [0.2, 0.25) is 10.0 Å². The lowest BCUT2D eigenvalue weighted by atomic mass is 10.0. The van der Waals surface area contributed by atoms with E-state index in [1.165, 1.54) is 0 Å². The number of benzodiazepines with no additional fused rings is 1. The van der Waals surface area contributed by atoms with Crippen LogP contribution in [-0.2, 0) is 9.53 Å². The van der Waals surface area contributed by atoms with Crippen molar-refractivity contribution in [2.24, 2.45) is 4.99 Å². The molecule has 5 rings (SSSR count). The van der Waals surface area contributed by atoms with E-state index in [9.17, 15) is 4.79 Å². The van der Waals surface area contributed by atoms with Crippen LogP contribution in [0.1, 0.15) is 11.1 Å². The summed E-state index contributed by atoms with van der Waals surface area (Å²) >= 11 is 18.5. The Balaban J connectivity index is 1.39. The molecule has 1 unspecified atom stereocenters. The summed E-state index contributed by atoms with van der Waals surface area (Å²) in [6, 6.07) is 20.8. The summed E-state index contributed by atoms with van der Waals surface area (Å²) in [4.78, 5) is 22.0. The van der Waals surface area contributed by atoms with E-state index >= 15 is 0 Å². The Hall–Kier alpha value is -3.17. The van der Waals surface area contributed by atoms with Crippen molar-refractivity contribution < 1.29 is 9.53 Å². The Kier molecular flexibility index (Phi) is 7.62.